The predicted molar refractivity (Wildman–Crippen MR) is 59.8 cm³/mol. The lowest BCUT2D eigenvalue weighted by molar-refractivity contribution is 0.837. The molecule has 1 rings (SSSR count). The third-order valence-corrected chi connectivity index (χ3v) is 2.15. The highest BCUT2D eigenvalue weighted by molar-refractivity contribution is 6.20. The van der Waals surface area contributed by atoms with Crippen LogP contribution in [0.5, 0.6) is 0 Å². The molecular weight excluding hydrogens is 198 g/mol. The quantitative estimate of drug-likeness (QED) is 0.764. The van der Waals surface area contributed by atoms with E-state index in [1.165, 1.54) is 0 Å². The fraction of sp³-hybridized carbons (Fsp3) is 0.600. The topological polar surface area (TPSA) is 37.8 Å². The van der Waals surface area contributed by atoms with E-state index in [0.717, 1.165) is 30.9 Å². The van der Waals surface area contributed by atoms with Crippen LogP contribution < -0.4 is 5.32 Å². The summed E-state index contributed by atoms with van der Waals surface area (Å²) in [6.45, 7) is 4.92. The molecule has 0 aliphatic heterocycles. The molecule has 0 saturated heterocycles. The van der Waals surface area contributed by atoms with Gasteiger partial charge in [-0.2, -0.15) is 0 Å². The van der Waals surface area contributed by atoms with Gasteiger partial charge in [-0.3, -0.25) is 0 Å². The molecule has 0 aliphatic rings. The van der Waals surface area contributed by atoms with Gasteiger partial charge in [0.05, 0.1) is 0 Å². The number of hydrogen-bond acceptors (Lipinski definition) is 3. The van der Waals surface area contributed by atoms with E-state index in [4.69, 9.17) is 11.6 Å². The van der Waals surface area contributed by atoms with Crippen molar-refractivity contribution in [2.45, 2.75) is 32.1 Å². The van der Waals surface area contributed by atoms with Gasteiger partial charge in [-0.25, -0.2) is 9.97 Å². The minimum absolute atomic E-state index is 0.204. The minimum atomic E-state index is 0.204. The number of anilines is 1. The Balaban J connectivity index is 2.42. The molecule has 0 amide bonds. The molecule has 3 nitrogen and oxygen atoms in total. The summed E-state index contributed by atoms with van der Waals surface area (Å²) in [4.78, 5) is 8.24. The van der Waals surface area contributed by atoms with Crippen LogP contribution in [0.1, 0.15) is 26.0 Å². The molecule has 1 atom stereocenters. The first kappa shape index (κ1) is 11.2. The molecule has 0 aliphatic carbocycles. The van der Waals surface area contributed by atoms with E-state index >= 15 is 0 Å². The van der Waals surface area contributed by atoms with Gasteiger partial charge in [0.2, 0.25) is 0 Å². The third kappa shape index (κ3) is 3.92. The summed E-state index contributed by atoms with van der Waals surface area (Å²) < 4.78 is 0. The predicted octanol–water partition coefficient (Wildman–Crippen LogP) is 2.47. The second-order valence-corrected chi connectivity index (χ2v) is 3.99. The van der Waals surface area contributed by atoms with Crippen LogP contribution in [0.3, 0.4) is 0 Å². The summed E-state index contributed by atoms with van der Waals surface area (Å²) in [6, 6.07) is 1.97. The van der Waals surface area contributed by atoms with Crippen LogP contribution in [0.4, 0.5) is 5.82 Å². The zero-order valence-corrected chi connectivity index (χ0v) is 9.38. The Morgan fingerprint density at radius 3 is 2.93 bits per heavy atom. The number of alkyl halides is 1. The first-order valence-electron chi connectivity index (χ1n) is 4.91. The molecule has 1 unspecified atom stereocenters. The lowest BCUT2D eigenvalue weighted by Crippen LogP contribution is -2.08. The Bertz CT molecular complexity index is 276. The third-order valence-electron chi connectivity index (χ3n) is 1.93. The van der Waals surface area contributed by atoms with E-state index in [-0.39, 0.29) is 5.38 Å². The van der Waals surface area contributed by atoms with Crippen LogP contribution in [-0.2, 0) is 6.42 Å². The summed E-state index contributed by atoms with van der Waals surface area (Å²) in [6.07, 6.45) is 3.46. The van der Waals surface area contributed by atoms with E-state index in [1.54, 1.807) is 6.33 Å². The van der Waals surface area contributed by atoms with E-state index in [2.05, 4.69) is 22.2 Å². The van der Waals surface area contributed by atoms with Crippen molar-refractivity contribution in [2.75, 3.05) is 11.9 Å². The molecule has 0 fully saturated rings. The molecule has 0 bridgehead atoms. The summed E-state index contributed by atoms with van der Waals surface area (Å²) >= 11 is 5.83. The Labute approximate surface area is 89.9 Å². The van der Waals surface area contributed by atoms with Crippen molar-refractivity contribution in [2.24, 2.45) is 0 Å². The number of nitrogens with zero attached hydrogens (tertiary/aromatic N) is 2. The van der Waals surface area contributed by atoms with Crippen LogP contribution in [0.25, 0.3) is 0 Å². The van der Waals surface area contributed by atoms with Gasteiger partial charge in [0.1, 0.15) is 12.1 Å². The number of aryl methyl sites for hydroxylation is 1. The van der Waals surface area contributed by atoms with E-state index in [0.29, 0.717) is 0 Å². The lowest BCUT2D eigenvalue weighted by Gasteiger charge is -2.06. The average Bonchev–Trinajstić information content (AvgIpc) is 2.18. The molecular formula is C10H16ClN3. The number of rotatable bonds is 5. The van der Waals surface area contributed by atoms with Gasteiger partial charge in [0.25, 0.3) is 0 Å². The van der Waals surface area contributed by atoms with Gasteiger partial charge in [0, 0.05) is 23.7 Å². The van der Waals surface area contributed by atoms with E-state index in [9.17, 15) is 0 Å². The van der Waals surface area contributed by atoms with Crippen molar-refractivity contribution < 1.29 is 0 Å². The standard InChI is InChI=1S/C10H16ClN3/c1-3-9-6-10(14-7-13-9)12-5-4-8(2)11/h6-8H,3-5H2,1-2H3,(H,12,13,14). The van der Waals surface area contributed by atoms with E-state index < -0.39 is 0 Å². The van der Waals surface area contributed by atoms with Crippen molar-refractivity contribution in [1.82, 2.24) is 9.97 Å². The number of halogens is 1. The van der Waals surface area contributed by atoms with Crippen LogP contribution in [0, 0.1) is 0 Å². The molecule has 1 N–H and O–H groups in total. The van der Waals surface area contributed by atoms with Crippen molar-refractivity contribution in [1.29, 1.82) is 0 Å². The highest BCUT2D eigenvalue weighted by Crippen LogP contribution is 2.06. The Kier molecular flexibility index (Phi) is 4.66. The monoisotopic (exact) mass is 213 g/mol. The first-order valence-corrected chi connectivity index (χ1v) is 5.35. The zero-order chi connectivity index (χ0) is 10.4. The summed E-state index contributed by atoms with van der Waals surface area (Å²) in [5.41, 5.74) is 1.06. The molecule has 1 heterocycles. The van der Waals surface area contributed by atoms with Crippen molar-refractivity contribution in [3.63, 3.8) is 0 Å². The van der Waals surface area contributed by atoms with E-state index in [1.807, 2.05) is 13.0 Å². The number of hydrogen-bond donors (Lipinski definition) is 1. The van der Waals surface area contributed by atoms with Crippen LogP contribution in [0.2, 0.25) is 0 Å². The van der Waals surface area contributed by atoms with Crippen molar-refractivity contribution in [3.05, 3.63) is 18.1 Å². The second-order valence-electron chi connectivity index (χ2n) is 3.24. The average molecular weight is 214 g/mol. The largest absolute Gasteiger partial charge is 0.370 e. The second kappa shape index (κ2) is 5.81. The number of nitrogens with one attached hydrogen (secondary N) is 1. The highest BCUT2D eigenvalue weighted by Gasteiger charge is 1.98. The molecule has 1 aromatic rings. The molecule has 14 heavy (non-hydrogen) atoms. The van der Waals surface area contributed by atoms with Crippen LogP contribution in [-0.4, -0.2) is 21.9 Å². The van der Waals surface area contributed by atoms with Gasteiger partial charge >= 0.3 is 0 Å². The lowest BCUT2D eigenvalue weighted by atomic mass is 10.3. The van der Waals surface area contributed by atoms with Gasteiger partial charge in [-0.05, 0) is 19.8 Å². The molecule has 0 saturated carbocycles. The fourth-order valence-corrected chi connectivity index (χ4v) is 1.20. The van der Waals surface area contributed by atoms with Crippen LogP contribution in [0.15, 0.2) is 12.4 Å². The Hall–Kier alpha value is -0.830. The normalized spacial score (nSPS) is 12.5. The molecule has 4 heteroatoms. The fourth-order valence-electron chi connectivity index (χ4n) is 1.09. The van der Waals surface area contributed by atoms with Gasteiger partial charge in [0.15, 0.2) is 0 Å². The maximum Gasteiger partial charge on any atom is 0.129 e. The summed E-state index contributed by atoms with van der Waals surface area (Å²) in [5, 5.41) is 3.42. The number of aromatic nitrogens is 2. The molecule has 78 valence electrons. The summed E-state index contributed by atoms with van der Waals surface area (Å²) in [5.74, 6) is 0.883. The molecule has 0 aromatic carbocycles. The van der Waals surface area contributed by atoms with Gasteiger partial charge in [-0.1, -0.05) is 6.92 Å². The van der Waals surface area contributed by atoms with Crippen molar-refractivity contribution in [3.8, 4) is 0 Å². The van der Waals surface area contributed by atoms with Gasteiger partial charge in [-0.15, -0.1) is 11.6 Å². The SMILES string of the molecule is CCc1cc(NCCC(C)Cl)ncn1. The zero-order valence-electron chi connectivity index (χ0n) is 8.63. The molecule has 0 spiro atoms. The smallest absolute Gasteiger partial charge is 0.129 e. The maximum absolute atomic E-state index is 5.83. The maximum atomic E-state index is 5.83. The van der Waals surface area contributed by atoms with Crippen molar-refractivity contribution >= 4 is 17.4 Å². The van der Waals surface area contributed by atoms with Gasteiger partial charge < -0.3 is 5.32 Å². The molecule has 1 aromatic heterocycles. The highest BCUT2D eigenvalue weighted by atomic mass is 35.5. The van der Waals surface area contributed by atoms with Crippen LogP contribution >= 0.6 is 11.6 Å². The first-order chi connectivity index (χ1) is 6.72. The Morgan fingerprint density at radius 2 is 2.29 bits per heavy atom. The minimum Gasteiger partial charge on any atom is -0.370 e. The Morgan fingerprint density at radius 1 is 1.50 bits per heavy atom. The summed E-state index contributed by atoms with van der Waals surface area (Å²) in [7, 11) is 0. The molecule has 0 radical (unpaired) electrons.